The number of hydrogen-bond donors (Lipinski definition) is 0. The fourth-order valence-corrected chi connectivity index (χ4v) is 3.97. The molecule has 0 aliphatic rings. The van der Waals surface area contributed by atoms with Crippen molar-refractivity contribution in [1.82, 2.24) is 0 Å². The fourth-order valence-electron chi connectivity index (χ4n) is 1.94. The van der Waals surface area contributed by atoms with Crippen molar-refractivity contribution >= 4 is 54.2 Å². The summed E-state index contributed by atoms with van der Waals surface area (Å²) in [5, 5.41) is 9.97. The number of anilines is 1. The van der Waals surface area contributed by atoms with Crippen LogP contribution in [0, 0.1) is 10.1 Å². The van der Waals surface area contributed by atoms with Gasteiger partial charge in [0.1, 0.15) is 6.54 Å². The summed E-state index contributed by atoms with van der Waals surface area (Å²) >= 11 is 8.59. The van der Waals surface area contributed by atoms with Crippen LogP contribution in [-0.4, -0.2) is 25.1 Å². The molecule has 0 saturated carbocycles. The molecule has 2 aromatic rings. The van der Waals surface area contributed by atoms with Gasteiger partial charge in [0.05, 0.1) is 15.5 Å². The second-order valence-corrected chi connectivity index (χ2v) is 7.80. The van der Waals surface area contributed by atoms with E-state index < -0.39 is 26.7 Å². The van der Waals surface area contributed by atoms with Crippen molar-refractivity contribution in [2.45, 2.75) is 4.90 Å². The first-order valence-electron chi connectivity index (χ1n) is 6.43. The van der Waals surface area contributed by atoms with Crippen LogP contribution in [0.5, 0.6) is 0 Å². The second kappa shape index (κ2) is 7.29. The van der Waals surface area contributed by atoms with E-state index in [0.29, 0.717) is 4.47 Å². The molecule has 24 heavy (non-hydrogen) atoms. The van der Waals surface area contributed by atoms with Gasteiger partial charge >= 0.3 is 0 Å². The maximum Gasteiger partial charge on any atom is 0.270 e. The second-order valence-electron chi connectivity index (χ2n) is 4.60. The Morgan fingerprint density at radius 1 is 1.21 bits per heavy atom. The van der Waals surface area contributed by atoms with Crippen molar-refractivity contribution in [2.24, 2.45) is 0 Å². The number of halogens is 2. The molecule has 0 aliphatic heterocycles. The summed E-state index contributed by atoms with van der Waals surface area (Å²) in [6, 6.07) is 10.8. The predicted octanol–water partition coefficient (Wildman–Crippen LogP) is 3.32. The van der Waals surface area contributed by atoms with Gasteiger partial charge in [-0.3, -0.25) is 19.2 Å². The zero-order chi connectivity index (χ0) is 17.9. The Bertz CT molecular complexity index is 904. The van der Waals surface area contributed by atoms with Crippen LogP contribution in [0.2, 0.25) is 0 Å². The van der Waals surface area contributed by atoms with Crippen LogP contribution in [0.15, 0.2) is 57.9 Å². The average Bonchev–Trinajstić information content (AvgIpc) is 2.52. The van der Waals surface area contributed by atoms with Gasteiger partial charge < -0.3 is 0 Å². The highest BCUT2D eigenvalue weighted by Crippen LogP contribution is 2.28. The Morgan fingerprint density at radius 3 is 2.46 bits per heavy atom. The maximum absolute atomic E-state index is 12.8. The summed E-state index contributed by atoms with van der Waals surface area (Å²) in [7, 11) is -4.22. The molecule has 0 aliphatic carbocycles. The topological polar surface area (TPSA) is 97.6 Å². The average molecular weight is 434 g/mol. The van der Waals surface area contributed by atoms with Crippen molar-refractivity contribution in [3.8, 4) is 0 Å². The van der Waals surface area contributed by atoms with Crippen LogP contribution in [-0.2, 0) is 14.8 Å². The number of nitro benzene ring substituents is 1. The minimum Gasteiger partial charge on any atom is -0.279 e. The molecule has 2 rings (SSSR count). The van der Waals surface area contributed by atoms with Gasteiger partial charge in [-0.1, -0.05) is 28.1 Å². The zero-order valence-electron chi connectivity index (χ0n) is 11.9. The number of sulfonamides is 1. The summed E-state index contributed by atoms with van der Waals surface area (Å²) in [5.74, 6) is 0. The van der Waals surface area contributed by atoms with E-state index in [4.69, 9.17) is 11.6 Å². The van der Waals surface area contributed by atoms with Gasteiger partial charge in [-0.15, -0.1) is 0 Å². The number of benzene rings is 2. The van der Waals surface area contributed by atoms with E-state index in [0.717, 1.165) is 10.4 Å². The highest BCUT2D eigenvalue weighted by Gasteiger charge is 2.28. The van der Waals surface area contributed by atoms with Crippen molar-refractivity contribution in [3.63, 3.8) is 0 Å². The number of hydrogen-bond acceptors (Lipinski definition) is 5. The molecule has 2 aromatic carbocycles. The van der Waals surface area contributed by atoms with Crippen LogP contribution >= 0.6 is 27.5 Å². The Morgan fingerprint density at radius 2 is 1.88 bits per heavy atom. The molecule has 0 unspecified atom stereocenters. The molecule has 0 aromatic heterocycles. The highest BCUT2D eigenvalue weighted by molar-refractivity contribution is 9.10. The molecule has 0 N–H and O–H groups in total. The fraction of sp³-hybridized carbons (Fsp3) is 0.0714. The number of nitro groups is 1. The van der Waals surface area contributed by atoms with Crippen molar-refractivity contribution in [2.75, 3.05) is 10.8 Å². The molecular formula is C14H10BrClN2O5S. The SMILES string of the molecule is O=C(Cl)CN(c1cccc(Br)c1)S(=O)(=O)c1cccc([N+](=O)[O-])c1. The smallest absolute Gasteiger partial charge is 0.270 e. The number of carbonyl (C=O) groups excluding carboxylic acids is 1. The molecule has 0 radical (unpaired) electrons. The summed E-state index contributed by atoms with van der Waals surface area (Å²) < 4.78 is 27.1. The predicted molar refractivity (Wildman–Crippen MR) is 92.6 cm³/mol. The van der Waals surface area contributed by atoms with E-state index in [2.05, 4.69) is 15.9 Å². The minimum atomic E-state index is -4.22. The molecule has 0 fully saturated rings. The maximum atomic E-state index is 12.8. The molecule has 0 atom stereocenters. The highest BCUT2D eigenvalue weighted by atomic mass is 79.9. The molecule has 0 amide bonds. The third kappa shape index (κ3) is 4.11. The third-order valence-corrected chi connectivity index (χ3v) is 5.36. The Labute approximate surface area is 151 Å². The molecule has 126 valence electrons. The van der Waals surface area contributed by atoms with E-state index in [1.54, 1.807) is 12.1 Å². The van der Waals surface area contributed by atoms with E-state index in [9.17, 15) is 23.3 Å². The zero-order valence-corrected chi connectivity index (χ0v) is 15.1. The van der Waals surface area contributed by atoms with Crippen molar-refractivity contribution < 1.29 is 18.1 Å². The van der Waals surface area contributed by atoms with E-state index >= 15 is 0 Å². The number of carbonyl (C=O) groups is 1. The Balaban J connectivity index is 2.57. The normalized spacial score (nSPS) is 11.1. The first-order chi connectivity index (χ1) is 11.2. The van der Waals surface area contributed by atoms with Gasteiger partial charge in [0.25, 0.3) is 15.7 Å². The van der Waals surface area contributed by atoms with Crippen molar-refractivity contribution in [1.29, 1.82) is 0 Å². The van der Waals surface area contributed by atoms with Crippen LogP contribution in [0.3, 0.4) is 0 Å². The lowest BCUT2D eigenvalue weighted by Gasteiger charge is -2.23. The van der Waals surface area contributed by atoms with Gasteiger partial charge in [0.2, 0.25) is 5.24 Å². The molecule has 0 saturated heterocycles. The first kappa shape index (κ1) is 18.4. The lowest BCUT2D eigenvalue weighted by molar-refractivity contribution is -0.385. The summed E-state index contributed by atoms with van der Waals surface area (Å²) in [6.45, 7) is -0.608. The Hall–Kier alpha value is -1.97. The van der Waals surface area contributed by atoms with Crippen molar-refractivity contribution in [3.05, 3.63) is 63.1 Å². The van der Waals surface area contributed by atoms with Gasteiger partial charge in [0.15, 0.2) is 0 Å². The molecule has 0 heterocycles. The van der Waals surface area contributed by atoms with Gasteiger partial charge in [-0.2, -0.15) is 0 Å². The molecule has 0 bridgehead atoms. The van der Waals surface area contributed by atoms with Gasteiger partial charge in [0, 0.05) is 16.6 Å². The molecule has 10 heteroatoms. The Kier molecular flexibility index (Phi) is 5.58. The van der Waals surface area contributed by atoms with Gasteiger partial charge in [-0.25, -0.2) is 8.42 Å². The monoisotopic (exact) mass is 432 g/mol. The lowest BCUT2D eigenvalue weighted by atomic mass is 10.3. The molecular weight excluding hydrogens is 424 g/mol. The summed E-state index contributed by atoms with van der Waals surface area (Å²) in [5.41, 5.74) is -0.174. The van der Waals surface area contributed by atoms with Crippen LogP contribution in [0.25, 0.3) is 0 Å². The third-order valence-electron chi connectivity index (χ3n) is 2.98. The van der Waals surface area contributed by atoms with E-state index in [1.807, 2.05) is 0 Å². The van der Waals surface area contributed by atoms with Crippen LogP contribution < -0.4 is 4.31 Å². The molecule has 0 spiro atoms. The quantitative estimate of drug-likeness (QED) is 0.395. The summed E-state index contributed by atoms with van der Waals surface area (Å²) in [4.78, 5) is 21.2. The number of nitrogens with zero attached hydrogens (tertiary/aromatic N) is 2. The first-order valence-corrected chi connectivity index (χ1v) is 9.04. The standard InChI is InChI=1S/C14H10BrClN2O5S/c15-10-3-1-4-11(7-10)17(9-14(16)19)24(22,23)13-6-2-5-12(8-13)18(20)21/h1-8H,9H2. The lowest BCUT2D eigenvalue weighted by Crippen LogP contribution is -2.34. The number of rotatable bonds is 6. The van der Waals surface area contributed by atoms with Crippen LogP contribution in [0.4, 0.5) is 11.4 Å². The van der Waals surface area contributed by atoms with Gasteiger partial charge in [-0.05, 0) is 35.9 Å². The minimum absolute atomic E-state index is 0.199. The van der Waals surface area contributed by atoms with E-state index in [1.165, 1.54) is 30.3 Å². The summed E-state index contributed by atoms with van der Waals surface area (Å²) in [6.07, 6.45) is 0. The number of non-ortho nitro benzene ring substituents is 1. The molecule has 7 nitrogen and oxygen atoms in total. The largest absolute Gasteiger partial charge is 0.279 e. The van der Waals surface area contributed by atoms with E-state index in [-0.39, 0.29) is 16.3 Å². The van der Waals surface area contributed by atoms with Crippen LogP contribution in [0.1, 0.15) is 0 Å².